The van der Waals surface area contributed by atoms with Gasteiger partial charge in [0, 0.05) is 54.3 Å². The molecular formula is C22H21N7O2. The van der Waals surface area contributed by atoms with Gasteiger partial charge in [0.2, 0.25) is 0 Å². The number of aromatic amines is 2. The molecule has 2 N–H and O–H groups in total. The molecule has 2 aliphatic rings. The fraction of sp³-hybridized carbons (Fsp3) is 0.273. The van der Waals surface area contributed by atoms with E-state index in [0.717, 1.165) is 33.4 Å². The van der Waals surface area contributed by atoms with Crippen molar-refractivity contribution in [2.24, 2.45) is 7.05 Å². The van der Waals surface area contributed by atoms with E-state index in [-0.39, 0.29) is 11.8 Å². The lowest BCUT2D eigenvalue weighted by Crippen LogP contribution is -2.37. The highest BCUT2D eigenvalue weighted by Gasteiger charge is 2.33. The van der Waals surface area contributed by atoms with Gasteiger partial charge in [-0.25, -0.2) is 0 Å². The normalized spacial score (nSPS) is 15.4. The predicted molar refractivity (Wildman–Crippen MR) is 112 cm³/mol. The third kappa shape index (κ3) is 2.77. The number of hydrogen-bond acceptors (Lipinski definition) is 4. The number of amides is 2. The molecule has 5 heterocycles. The van der Waals surface area contributed by atoms with Crippen LogP contribution in [0.4, 0.5) is 0 Å². The first kappa shape index (κ1) is 17.9. The number of carbonyl (C=O) groups is 2. The van der Waals surface area contributed by atoms with Crippen molar-refractivity contribution in [1.29, 1.82) is 0 Å². The Morgan fingerprint density at radius 3 is 2.77 bits per heavy atom. The number of nitrogens with zero attached hydrogens (tertiary/aromatic N) is 5. The van der Waals surface area contributed by atoms with Crippen LogP contribution in [0.1, 0.15) is 43.5 Å². The summed E-state index contributed by atoms with van der Waals surface area (Å²) in [6.07, 6.45) is 2.45. The van der Waals surface area contributed by atoms with Crippen LogP contribution in [-0.4, -0.2) is 53.1 Å². The highest BCUT2D eigenvalue weighted by molar-refractivity contribution is 5.98. The van der Waals surface area contributed by atoms with Crippen LogP contribution in [0, 0.1) is 0 Å². The average Bonchev–Trinajstić information content (AvgIpc) is 3.55. The third-order valence-corrected chi connectivity index (χ3v) is 6.32. The molecule has 1 aromatic carbocycles. The molecule has 9 nitrogen and oxygen atoms in total. The minimum atomic E-state index is -0.117. The number of rotatable bonds is 2. The maximum atomic E-state index is 13.2. The fourth-order valence-corrected chi connectivity index (χ4v) is 4.58. The average molecular weight is 415 g/mol. The summed E-state index contributed by atoms with van der Waals surface area (Å²) < 4.78 is 1.81. The van der Waals surface area contributed by atoms with Crippen LogP contribution in [0.3, 0.4) is 0 Å². The number of hydrogen-bond donors (Lipinski definition) is 2. The molecule has 0 saturated carbocycles. The van der Waals surface area contributed by atoms with E-state index in [9.17, 15) is 9.59 Å². The molecular weight excluding hydrogens is 394 g/mol. The molecule has 0 fully saturated rings. The number of nitrogens with one attached hydrogen (secondary N) is 2. The van der Waals surface area contributed by atoms with Crippen molar-refractivity contribution in [3.05, 3.63) is 70.4 Å². The molecule has 0 aliphatic carbocycles. The van der Waals surface area contributed by atoms with E-state index in [0.29, 0.717) is 44.0 Å². The zero-order valence-electron chi connectivity index (χ0n) is 17.1. The van der Waals surface area contributed by atoms with Gasteiger partial charge in [0.1, 0.15) is 5.69 Å². The Balaban J connectivity index is 1.25. The molecule has 3 aromatic heterocycles. The first-order chi connectivity index (χ1) is 15.1. The van der Waals surface area contributed by atoms with Crippen LogP contribution in [0.5, 0.6) is 0 Å². The van der Waals surface area contributed by atoms with Gasteiger partial charge in [-0.3, -0.25) is 19.4 Å². The van der Waals surface area contributed by atoms with E-state index in [1.165, 1.54) is 0 Å². The van der Waals surface area contributed by atoms with E-state index in [2.05, 4.69) is 20.3 Å². The molecule has 0 atom stereocenters. The van der Waals surface area contributed by atoms with Gasteiger partial charge in [-0.2, -0.15) is 10.2 Å². The van der Waals surface area contributed by atoms with Gasteiger partial charge < -0.3 is 14.8 Å². The van der Waals surface area contributed by atoms with Crippen LogP contribution >= 0.6 is 0 Å². The lowest BCUT2D eigenvalue weighted by Gasteiger charge is -2.27. The largest absolute Gasteiger partial charge is 0.351 e. The van der Waals surface area contributed by atoms with Crippen molar-refractivity contribution in [3.63, 3.8) is 0 Å². The van der Waals surface area contributed by atoms with E-state index < -0.39 is 0 Å². The standard InChI is InChI=1S/C22H21N7O2/c1-27-19-12-29(10-14(19)9-23-27)22(31)20-15-11-28(7-6-17(15)25-26-20)21(30)18-8-13-4-2-3-5-16(13)24-18/h2-5,8-9,24H,6-7,10-12H2,1H3,(H,25,26). The lowest BCUT2D eigenvalue weighted by molar-refractivity contribution is 0.0707. The summed E-state index contributed by atoms with van der Waals surface area (Å²) in [5.74, 6) is -0.185. The Kier molecular flexibility index (Phi) is 3.80. The summed E-state index contributed by atoms with van der Waals surface area (Å²) in [6, 6.07) is 9.71. The van der Waals surface area contributed by atoms with E-state index in [4.69, 9.17) is 0 Å². The van der Waals surface area contributed by atoms with Gasteiger partial charge in [-0.05, 0) is 12.1 Å². The number of benzene rings is 1. The maximum Gasteiger partial charge on any atom is 0.275 e. The first-order valence-electron chi connectivity index (χ1n) is 10.3. The number of fused-ring (bicyclic) bond motifs is 3. The van der Waals surface area contributed by atoms with E-state index in [1.54, 1.807) is 9.80 Å². The van der Waals surface area contributed by atoms with Gasteiger partial charge in [-0.1, -0.05) is 18.2 Å². The van der Waals surface area contributed by atoms with Gasteiger partial charge in [0.25, 0.3) is 11.8 Å². The Morgan fingerprint density at radius 2 is 1.94 bits per heavy atom. The molecule has 6 rings (SSSR count). The summed E-state index contributed by atoms with van der Waals surface area (Å²) in [5, 5.41) is 12.6. The second-order valence-electron chi connectivity index (χ2n) is 8.18. The van der Waals surface area contributed by atoms with Crippen molar-refractivity contribution in [1.82, 2.24) is 34.8 Å². The van der Waals surface area contributed by atoms with Crippen LogP contribution < -0.4 is 0 Å². The topological polar surface area (TPSA) is 103 Å². The quantitative estimate of drug-likeness (QED) is 0.522. The predicted octanol–water partition coefficient (Wildman–Crippen LogP) is 1.98. The van der Waals surface area contributed by atoms with Crippen LogP contribution in [0.25, 0.3) is 10.9 Å². The summed E-state index contributed by atoms with van der Waals surface area (Å²) in [7, 11) is 1.89. The van der Waals surface area contributed by atoms with E-state index >= 15 is 0 Å². The van der Waals surface area contributed by atoms with Crippen molar-refractivity contribution >= 4 is 22.7 Å². The summed E-state index contributed by atoms with van der Waals surface area (Å²) >= 11 is 0. The summed E-state index contributed by atoms with van der Waals surface area (Å²) in [4.78, 5) is 33.1. The van der Waals surface area contributed by atoms with Gasteiger partial charge in [0.15, 0.2) is 5.69 Å². The smallest absolute Gasteiger partial charge is 0.275 e. The number of H-pyrrole nitrogens is 2. The number of aromatic nitrogens is 5. The molecule has 9 heteroatoms. The van der Waals surface area contributed by atoms with Crippen LogP contribution in [0.2, 0.25) is 0 Å². The van der Waals surface area contributed by atoms with Gasteiger partial charge in [0.05, 0.1) is 25.0 Å². The third-order valence-electron chi connectivity index (χ3n) is 6.32. The molecule has 2 aliphatic heterocycles. The number of para-hydroxylation sites is 1. The van der Waals surface area contributed by atoms with Crippen molar-refractivity contribution < 1.29 is 9.59 Å². The molecule has 0 spiro atoms. The molecule has 2 amide bonds. The van der Waals surface area contributed by atoms with Gasteiger partial charge >= 0.3 is 0 Å². The highest BCUT2D eigenvalue weighted by Crippen LogP contribution is 2.27. The minimum Gasteiger partial charge on any atom is -0.351 e. The highest BCUT2D eigenvalue weighted by atomic mass is 16.2. The molecule has 0 unspecified atom stereocenters. The van der Waals surface area contributed by atoms with Crippen LogP contribution in [-0.2, 0) is 33.1 Å². The monoisotopic (exact) mass is 415 g/mol. The van der Waals surface area contributed by atoms with Crippen molar-refractivity contribution in [2.45, 2.75) is 26.1 Å². The Hall–Kier alpha value is -3.88. The van der Waals surface area contributed by atoms with Crippen molar-refractivity contribution in [3.8, 4) is 0 Å². The summed E-state index contributed by atoms with van der Waals surface area (Å²) in [6.45, 7) is 1.99. The van der Waals surface area contributed by atoms with Crippen LogP contribution in [0.15, 0.2) is 36.5 Å². The number of aryl methyl sites for hydroxylation is 1. The summed E-state index contributed by atoms with van der Waals surface area (Å²) in [5.41, 5.74) is 5.76. The zero-order chi connectivity index (χ0) is 21.1. The Labute approximate surface area is 177 Å². The van der Waals surface area contributed by atoms with Crippen molar-refractivity contribution in [2.75, 3.05) is 6.54 Å². The SMILES string of the molecule is Cn1ncc2c1CN(C(=O)c1n[nH]c3c1CN(C(=O)c1cc4ccccc4[nH]1)CC3)C2. The Morgan fingerprint density at radius 1 is 1.06 bits per heavy atom. The zero-order valence-corrected chi connectivity index (χ0v) is 17.1. The fourth-order valence-electron chi connectivity index (χ4n) is 4.58. The molecule has 0 saturated heterocycles. The minimum absolute atomic E-state index is 0.0684. The van der Waals surface area contributed by atoms with Gasteiger partial charge in [-0.15, -0.1) is 0 Å². The maximum absolute atomic E-state index is 13.2. The Bertz CT molecular complexity index is 1310. The molecule has 0 bridgehead atoms. The molecule has 156 valence electrons. The molecule has 4 aromatic rings. The second-order valence-corrected chi connectivity index (χ2v) is 8.18. The lowest BCUT2D eigenvalue weighted by atomic mass is 10.0. The van der Waals surface area contributed by atoms with E-state index in [1.807, 2.05) is 48.3 Å². The number of carbonyl (C=O) groups excluding carboxylic acids is 2. The molecule has 31 heavy (non-hydrogen) atoms. The molecule has 0 radical (unpaired) electrons. The first-order valence-corrected chi connectivity index (χ1v) is 10.3. The second kappa shape index (κ2) is 6.56.